The first kappa shape index (κ1) is 12.8. The van der Waals surface area contributed by atoms with E-state index in [1.165, 1.54) is 24.0 Å². The molecule has 0 saturated heterocycles. The average Bonchev–Trinajstić information content (AvgIpc) is 3.13. The van der Waals surface area contributed by atoms with E-state index in [9.17, 15) is 4.21 Å². The van der Waals surface area contributed by atoms with Gasteiger partial charge < -0.3 is 5.32 Å². The van der Waals surface area contributed by atoms with Gasteiger partial charge in [0.25, 0.3) is 0 Å². The molecule has 0 amide bonds. The molecule has 1 atom stereocenters. The van der Waals surface area contributed by atoms with Crippen LogP contribution in [-0.2, 0) is 17.3 Å². The summed E-state index contributed by atoms with van der Waals surface area (Å²) in [6, 6.07) is 8.73. The zero-order valence-electron chi connectivity index (χ0n) is 10.4. The zero-order valence-corrected chi connectivity index (χ0v) is 11.3. The van der Waals surface area contributed by atoms with E-state index >= 15 is 0 Å². The van der Waals surface area contributed by atoms with Crippen molar-refractivity contribution in [2.45, 2.75) is 31.7 Å². The van der Waals surface area contributed by atoms with Crippen LogP contribution in [0.2, 0.25) is 0 Å². The van der Waals surface area contributed by atoms with Crippen LogP contribution in [0.3, 0.4) is 0 Å². The van der Waals surface area contributed by atoms with E-state index in [-0.39, 0.29) is 0 Å². The Morgan fingerprint density at radius 3 is 2.82 bits per heavy atom. The van der Waals surface area contributed by atoms with Crippen LogP contribution in [0.15, 0.2) is 24.3 Å². The highest BCUT2D eigenvalue weighted by atomic mass is 32.2. The fourth-order valence-corrected chi connectivity index (χ4v) is 2.66. The second kappa shape index (κ2) is 6.31. The van der Waals surface area contributed by atoms with Crippen molar-refractivity contribution in [1.82, 2.24) is 5.32 Å². The number of hydrogen-bond acceptors (Lipinski definition) is 2. The second-order valence-corrected chi connectivity index (χ2v) is 6.34. The second-order valence-electron chi connectivity index (χ2n) is 4.78. The van der Waals surface area contributed by atoms with E-state index in [0.29, 0.717) is 0 Å². The molecule has 1 aromatic rings. The fourth-order valence-electron chi connectivity index (χ4n) is 2.11. The maximum Gasteiger partial charge on any atom is 0.0244 e. The normalized spacial score (nSPS) is 17.0. The number of nitrogens with one attached hydrogen (secondary N) is 1. The van der Waals surface area contributed by atoms with Gasteiger partial charge in [-0.1, -0.05) is 24.3 Å². The average molecular weight is 251 g/mol. The topological polar surface area (TPSA) is 29.1 Å². The van der Waals surface area contributed by atoms with Crippen molar-refractivity contribution in [3.8, 4) is 0 Å². The van der Waals surface area contributed by atoms with Crippen LogP contribution in [0, 0.1) is 0 Å². The molecule has 1 aromatic carbocycles. The smallest absolute Gasteiger partial charge is 0.0244 e. The molecule has 17 heavy (non-hydrogen) atoms. The molecule has 1 aliphatic rings. The lowest BCUT2D eigenvalue weighted by Gasteiger charge is -2.09. The van der Waals surface area contributed by atoms with E-state index in [1.807, 2.05) is 0 Å². The van der Waals surface area contributed by atoms with Crippen molar-refractivity contribution >= 4 is 10.8 Å². The Labute approximate surface area is 106 Å². The third-order valence-corrected chi connectivity index (χ3v) is 4.04. The van der Waals surface area contributed by atoms with Crippen molar-refractivity contribution in [3.63, 3.8) is 0 Å². The quantitative estimate of drug-likeness (QED) is 0.754. The monoisotopic (exact) mass is 251 g/mol. The minimum atomic E-state index is -0.655. The van der Waals surface area contributed by atoms with Gasteiger partial charge in [0.1, 0.15) is 0 Å². The summed E-state index contributed by atoms with van der Waals surface area (Å²) in [5.74, 6) is 1.62. The lowest BCUT2D eigenvalue weighted by Crippen LogP contribution is -2.17. The molecule has 0 radical (unpaired) electrons. The van der Waals surface area contributed by atoms with Crippen LogP contribution < -0.4 is 5.32 Å². The predicted molar refractivity (Wildman–Crippen MR) is 73.7 cm³/mol. The zero-order chi connectivity index (χ0) is 12.1. The van der Waals surface area contributed by atoms with Crippen molar-refractivity contribution in [1.29, 1.82) is 0 Å². The Morgan fingerprint density at radius 2 is 2.12 bits per heavy atom. The summed E-state index contributed by atoms with van der Waals surface area (Å²) in [6.07, 6.45) is 5.47. The largest absolute Gasteiger partial charge is 0.313 e. The summed E-state index contributed by atoms with van der Waals surface area (Å²) in [5, 5.41) is 3.45. The highest BCUT2D eigenvalue weighted by Crippen LogP contribution is 2.41. The van der Waals surface area contributed by atoms with Crippen molar-refractivity contribution in [2.24, 2.45) is 0 Å². The predicted octanol–water partition coefficient (Wildman–Crippen LogP) is 2.42. The maximum absolute atomic E-state index is 10.9. The summed E-state index contributed by atoms with van der Waals surface area (Å²) >= 11 is 0. The molecule has 1 N–H and O–H groups in total. The molecule has 1 saturated carbocycles. The summed E-state index contributed by atoms with van der Waals surface area (Å²) in [5.41, 5.74) is 2.96. The lowest BCUT2D eigenvalue weighted by molar-refractivity contribution is 0.659. The third-order valence-electron chi connectivity index (χ3n) is 3.17. The molecule has 1 fully saturated rings. The minimum absolute atomic E-state index is 0.655. The molecule has 0 heterocycles. The van der Waals surface area contributed by atoms with Gasteiger partial charge in [-0.2, -0.15) is 0 Å². The molecule has 2 nitrogen and oxygen atoms in total. The first-order chi connectivity index (χ1) is 8.27. The van der Waals surface area contributed by atoms with Crippen LogP contribution >= 0.6 is 0 Å². The van der Waals surface area contributed by atoms with Crippen LogP contribution in [0.5, 0.6) is 0 Å². The number of hydrogen-bond donors (Lipinski definition) is 1. The number of rotatable bonds is 7. The Balaban J connectivity index is 1.76. The van der Waals surface area contributed by atoms with Gasteiger partial charge in [-0.05, 0) is 42.9 Å². The van der Waals surface area contributed by atoms with Gasteiger partial charge in [0.05, 0.1) is 0 Å². The Kier molecular flexibility index (Phi) is 4.75. The highest BCUT2D eigenvalue weighted by molar-refractivity contribution is 7.84. The maximum atomic E-state index is 10.9. The molecule has 0 bridgehead atoms. The molecule has 0 aliphatic heterocycles. The van der Waals surface area contributed by atoms with Crippen molar-refractivity contribution in [3.05, 3.63) is 35.4 Å². The van der Waals surface area contributed by atoms with Crippen molar-refractivity contribution in [2.75, 3.05) is 18.6 Å². The van der Waals surface area contributed by atoms with E-state index < -0.39 is 10.8 Å². The third kappa shape index (κ3) is 4.25. The SMILES string of the molecule is CS(=O)CCCNCc1ccccc1C1CC1. The first-order valence-corrected chi connectivity index (χ1v) is 8.08. The molecule has 1 unspecified atom stereocenters. The van der Waals surface area contributed by atoms with Gasteiger partial charge >= 0.3 is 0 Å². The molecule has 94 valence electrons. The standard InChI is InChI=1S/C14H21NOS/c1-17(16)10-4-9-15-11-13-5-2-3-6-14(13)12-7-8-12/h2-3,5-6,12,15H,4,7-11H2,1H3. The fraction of sp³-hybridized carbons (Fsp3) is 0.571. The van der Waals surface area contributed by atoms with Gasteiger partial charge in [-0.25, -0.2) is 0 Å². The van der Waals surface area contributed by atoms with Gasteiger partial charge in [0.15, 0.2) is 0 Å². The lowest BCUT2D eigenvalue weighted by atomic mass is 10.0. The van der Waals surface area contributed by atoms with Crippen LogP contribution in [0.25, 0.3) is 0 Å². The Hall–Kier alpha value is -0.670. The Bertz CT molecular complexity index is 388. The first-order valence-electron chi connectivity index (χ1n) is 6.36. The molecular formula is C14H21NOS. The summed E-state index contributed by atoms with van der Waals surface area (Å²) < 4.78 is 10.9. The van der Waals surface area contributed by atoms with Gasteiger partial charge in [-0.15, -0.1) is 0 Å². The van der Waals surface area contributed by atoms with Crippen molar-refractivity contribution < 1.29 is 4.21 Å². The molecule has 3 heteroatoms. The Morgan fingerprint density at radius 1 is 1.35 bits per heavy atom. The van der Waals surface area contributed by atoms with Gasteiger partial charge in [0.2, 0.25) is 0 Å². The van der Waals surface area contributed by atoms with Crippen LogP contribution in [0.1, 0.15) is 36.3 Å². The molecule has 0 aromatic heterocycles. The molecule has 2 rings (SSSR count). The molecular weight excluding hydrogens is 230 g/mol. The van der Waals surface area contributed by atoms with E-state index in [1.54, 1.807) is 6.26 Å². The van der Waals surface area contributed by atoms with Gasteiger partial charge in [-0.3, -0.25) is 4.21 Å². The number of benzene rings is 1. The highest BCUT2D eigenvalue weighted by Gasteiger charge is 2.25. The molecule has 0 spiro atoms. The van der Waals surface area contributed by atoms with Crippen LogP contribution in [0.4, 0.5) is 0 Å². The summed E-state index contributed by atoms with van der Waals surface area (Å²) in [4.78, 5) is 0. The van der Waals surface area contributed by atoms with Crippen LogP contribution in [-0.4, -0.2) is 22.8 Å². The van der Waals surface area contributed by atoms with E-state index in [4.69, 9.17) is 0 Å². The summed E-state index contributed by atoms with van der Waals surface area (Å²) in [7, 11) is -0.655. The minimum Gasteiger partial charge on any atom is -0.313 e. The molecule has 1 aliphatic carbocycles. The summed E-state index contributed by atoms with van der Waals surface area (Å²) in [6.45, 7) is 1.90. The van der Waals surface area contributed by atoms with E-state index in [2.05, 4.69) is 29.6 Å². The van der Waals surface area contributed by atoms with Gasteiger partial charge in [0, 0.05) is 29.4 Å². The van der Waals surface area contributed by atoms with E-state index in [0.717, 1.165) is 31.2 Å².